The summed E-state index contributed by atoms with van der Waals surface area (Å²) in [6.45, 7) is 6.00. The van der Waals surface area contributed by atoms with Crippen LogP contribution in [0.25, 0.3) is 17.1 Å². The molecule has 0 aliphatic carbocycles. The minimum Gasteiger partial charge on any atom is -0.324 e. The molecule has 2 aromatic heterocycles. The largest absolute Gasteiger partial charge is 0.324 e. The number of fused-ring (bicyclic) bond motifs is 1. The van der Waals surface area contributed by atoms with Gasteiger partial charge in [0.1, 0.15) is 0 Å². The van der Waals surface area contributed by atoms with Gasteiger partial charge >= 0.3 is 0 Å². The van der Waals surface area contributed by atoms with E-state index in [0.717, 1.165) is 22.4 Å². The Morgan fingerprint density at radius 2 is 1.92 bits per heavy atom. The van der Waals surface area contributed by atoms with Crippen molar-refractivity contribution in [1.29, 1.82) is 0 Å². The molecule has 0 saturated heterocycles. The van der Waals surface area contributed by atoms with E-state index >= 15 is 0 Å². The SMILES string of the molecule is Cc1ccc(-n2c(SCC(=O)N3c4ccccc4NC(=O)CC3C)nnc2-c2cccnc2)c(C)c1. The molecule has 5 rings (SSSR count). The highest BCUT2D eigenvalue weighted by Gasteiger charge is 2.30. The summed E-state index contributed by atoms with van der Waals surface area (Å²) in [6, 6.07) is 17.1. The number of nitrogens with zero attached hydrogens (tertiary/aromatic N) is 5. The topological polar surface area (TPSA) is 93.0 Å². The molecule has 182 valence electrons. The van der Waals surface area contributed by atoms with Crippen LogP contribution in [0.15, 0.2) is 72.1 Å². The lowest BCUT2D eigenvalue weighted by Gasteiger charge is -2.27. The Labute approximate surface area is 213 Å². The summed E-state index contributed by atoms with van der Waals surface area (Å²) < 4.78 is 1.98. The molecule has 1 aliphatic rings. The molecule has 1 aliphatic heterocycles. The normalized spacial score (nSPS) is 15.2. The van der Waals surface area contributed by atoms with Gasteiger partial charge in [0.2, 0.25) is 11.8 Å². The lowest BCUT2D eigenvalue weighted by atomic mass is 10.1. The fourth-order valence-electron chi connectivity index (χ4n) is 4.48. The van der Waals surface area contributed by atoms with Crippen molar-refractivity contribution in [3.63, 3.8) is 0 Å². The first-order valence-corrected chi connectivity index (χ1v) is 12.7. The van der Waals surface area contributed by atoms with Crippen LogP contribution < -0.4 is 10.2 Å². The van der Waals surface area contributed by atoms with Crippen LogP contribution in [0.1, 0.15) is 24.5 Å². The summed E-state index contributed by atoms with van der Waals surface area (Å²) >= 11 is 1.33. The molecule has 0 fully saturated rings. The Morgan fingerprint density at radius 1 is 1.08 bits per heavy atom. The molecule has 4 aromatic rings. The van der Waals surface area contributed by atoms with Gasteiger partial charge in [0.25, 0.3) is 0 Å². The van der Waals surface area contributed by atoms with Crippen LogP contribution in [0, 0.1) is 13.8 Å². The Morgan fingerprint density at radius 3 is 2.69 bits per heavy atom. The zero-order valence-corrected chi connectivity index (χ0v) is 21.1. The molecule has 1 atom stereocenters. The highest BCUT2D eigenvalue weighted by Crippen LogP contribution is 2.33. The van der Waals surface area contributed by atoms with Crippen LogP contribution in [-0.4, -0.2) is 43.4 Å². The minimum absolute atomic E-state index is 0.102. The molecule has 2 amide bonds. The van der Waals surface area contributed by atoms with E-state index in [9.17, 15) is 9.59 Å². The molecule has 0 saturated carbocycles. The van der Waals surface area contributed by atoms with Gasteiger partial charge in [-0.2, -0.15) is 0 Å². The van der Waals surface area contributed by atoms with Crippen molar-refractivity contribution >= 4 is 35.0 Å². The molecular formula is C27H26N6O2S. The number of para-hydroxylation sites is 2. The monoisotopic (exact) mass is 498 g/mol. The van der Waals surface area contributed by atoms with E-state index in [0.29, 0.717) is 22.4 Å². The average molecular weight is 499 g/mol. The van der Waals surface area contributed by atoms with E-state index in [4.69, 9.17) is 0 Å². The fraction of sp³-hybridized carbons (Fsp3) is 0.222. The number of nitrogens with one attached hydrogen (secondary N) is 1. The summed E-state index contributed by atoms with van der Waals surface area (Å²) in [5, 5.41) is 12.4. The van der Waals surface area contributed by atoms with Gasteiger partial charge in [0.15, 0.2) is 11.0 Å². The van der Waals surface area contributed by atoms with Crippen LogP contribution in [-0.2, 0) is 9.59 Å². The van der Waals surface area contributed by atoms with Crippen LogP contribution in [0.5, 0.6) is 0 Å². The predicted molar refractivity (Wildman–Crippen MR) is 141 cm³/mol. The molecule has 8 nitrogen and oxygen atoms in total. The first-order valence-electron chi connectivity index (χ1n) is 11.7. The molecule has 1 N–H and O–H groups in total. The first-order chi connectivity index (χ1) is 17.4. The van der Waals surface area contributed by atoms with Crippen molar-refractivity contribution in [3.8, 4) is 17.1 Å². The number of aryl methyl sites for hydroxylation is 2. The maximum absolute atomic E-state index is 13.5. The number of hydrogen-bond donors (Lipinski definition) is 1. The number of aromatic nitrogens is 4. The average Bonchev–Trinajstić information content (AvgIpc) is 3.22. The molecule has 1 unspecified atom stereocenters. The number of anilines is 2. The van der Waals surface area contributed by atoms with Crippen molar-refractivity contribution in [2.24, 2.45) is 0 Å². The van der Waals surface area contributed by atoms with Gasteiger partial charge in [-0.25, -0.2) is 0 Å². The van der Waals surface area contributed by atoms with E-state index in [-0.39, 0.29) is 30.0 Å². The number of amides is 2. The zero-order chi connectivity index (χ0) is 25.2. The van der Waals surface area contributed by atoms with E-state index in [2.05, 4.69) is 46.5 Å². The van der Waals surface area contributed by atoms with E-state index in [1.54, 1.807) is 17.3 Å². The van der Waals surface area contributed by atoms with Crippen LogP contribution >= 0.6 is 11.8 Å². The maximum Gasteiger partial charge on any atom is 0.237 e. The number of rotatable bonds is 5. The summed E-state index contributed by atoms with van der Waals surface area (Å²) in [7, 11) is 0. The smallest absolute Gasteiger partial charge is 0.237 e. The molecule has 0 bridgehead atoms. The van der Waals surface area contributed by atoms with Crippen molar-refractivity contribution in [3.05, 3.63) is 78.1 Å². The third-order valence-corrected chi connectivity index (χ3v) is 7.01. The van der Waals surface area contributed by atoms with Crippen LogP contribution in [0.3, 0.4) is 0 Å². The van der Waals surface area contributed by atoms with E-state index < -0.39 is 0 Å². The summed E-state index contributed by atoms with van der Waals surface area (Å²) in [5.41, 5.74) is 5.36. The maximum atomic E-state index is 13.5. The van der Waals surface area contributed by atoms with Gasteiger partial charge < -0.3 is 10.2 Å². The molecule has 0 radical (unpaired) electrons. The predicted octanol–water partition coefficient (Wildman–Crippen LogP) is 4.80. The molecule has 2 aromatic carbocycles. The summed E-state index contributed by atoms with van der Waals surface area (Å²) in [6.07, 6.45) is 3.70. The molecule has 3 heterocycles. The Kier molecular flexibility index (Phi) is 6.56. The lowest BCUT2D eigenvalue weighted by Crippen LogP contribution is -2.40. The number of pyridine rings is 1. The third-order valence-electron chi connectivity index (χ3n) is 6.10. The number of thioether (sulfide) groups is 1. The second-order valence-corrected chi connectivity index (χ2v) is 9.79. The van der Waals surface area contributed by atoms with Crippen LogP contribution in [0.4, 0.5) is 11.4 Å². The van der Waals surface area contributed by atoms with E-state index in [1.807, 2.05) is 54.0 Å². The van der Waals surface area contributed by atoms with Crippen LogP contribution in [0.2, 0.25) is 0 Å². The van der Waals surface area contributed by atoms with Gasteiger partial charge in [0.05, 0.1) is 22.8 Å². The van der Waals surface area contributed by atoms with E-state index in [1.165, 1.54) is 11.8 Å². The second-order valence-electron chi connectivity index (χ2n) is 8.84. The Balaban J connectivity index is 1.49. The highest BCUT2D eigenvalue weighted by molar-refractivity contribution is 7.99. The summed E-state index contributed by atoms with van der Waals surface area (Å²) in [5.74, 6) is 0.597. The van der Waals surface area contributed by atoms with Crippen molar-refractivity contribution < 1.29 is 9.59 Å². The minimum atomic E-state index is -0.273. The fourth-order valence-corrected chi connectivity index (χ4v) is 5.29. The number of carbonyl (C=O) groups excluding carboxylic acids is 2. The van der Waals surface area contributed by atoms with Gasteiger partial charge in [-0.3, -0.25) is 19.1 Å². The van der Waals surface area contributed by atoms with Crippen molar-refractivity contribution in [1.82, 2.24) is 19.7 Å². The zero-order valence-electron chi connectivity index (χ0n) is 20.3. The van der Waals surface area contributed by atoms with Gasteiger partial charge in [-0.15, -0.1) is 10.2 Å². The first kappa shape index (κ1) is 23.7. The Bertz CT molecular complexity index is 1440. The van der Waals surface area contributed by atoms with Crippen molar-refractivity contribution in [2.45, 2.75) is 38.4 Å². The quantitative estimate of drug-likeness (QED) is 0.397. The number of hydrogen-bond acceptors (Lipinski definition) is 6. The van der Waals surface area contributed by atoms with Crippen molar-refractivity contribution in [2.75, 3.05) is 16.0 Å². The van der Waals surface area contributed by atoms with Gasteiger partial charge in [0, 0.05) is 30.4 Å². The molecular weight excluding hydrogens is 472 g/mol. The Hall–Kier alpha value is -3.98. The standard InChI is InChI=1S/C27H26N6O2S/c1-17-10-11-22(18(2)13-17)33-26(20-7-6-12-28-15-20)30-31-27(33)36-16-25(35)32-19(3)14-24(34)29-21-8-4-5-9-23(21)32/h4-13,15,19H,14,16H2,1-3H3,(H,29,34). The molecule has 9 heteroatoms. The lowest BCUT2D eigenvalue weighted by molar-refractivity contribution is -0.117. The summed E-state index contributed by atoms with van der Waals surface area (Å²) in [4.78, 5) is 31.8. The highest BCUT2D eigenvalue weighted by atomic mass is 32.2. The number of benzene rings is 2. The van der Waals surface area contributed by atoms with Gasteiger partial charge in [-0.05, 0) is 56.7 Å². The second kappa shape index (κ2) is 9.94. The third kappa shape index (κ3) is 4.61. The molecule has 0 spiro atoms. The number of carbonyl (C=O) groups is 2. The molecule has 36 heavy (non-hydrogen) atoms. The van der Waals surface area contributed by atoms with Gasteiger partial charge in [-0.1, -0.05) is 41.6 Å².